The first-order valence-electron chi connectivity index (χ1n) is 6.92. The van der Waals surface area contributed by atoms with Gasteiger partial charge in [-0.05, 0) is 40.3 Å². The lowest BCUT2D eigenvalue weighted by molar-refractivity contribution is 0.483. The highest BCUT2D eigenvalue weighted by Gasteiger charge is 2.19. The fourth-order valence-electron chi connectivity index (χ4n) is 2.80. The molecule has 3 rings (SSSR count). The summed E-state index contributed by atoms with van der Waals surface area (Å²) in [6.07, 6.45) is 1.44. The maximum absolute atomic E-state index is 11.8. The van der Waals surface area contributed by atoms with Crippen molar-refractivity contribution < 1.29 is 13.0 Å². The SMILES string of the molecule is CCCc1ccc2cc3ccccc3cc2c1S(=O)(=O)O. The van der Waals surface area contributed by atoms with Crippen LogP contribution in [-0.2, 0) is 16.5 Å². The first-order chi connectivity index (χ1) is 10.0. The van der Waals surface area contributed by atoms with Crippen molar-refractivity contribution in [3.05, 3.63) is 54.1 Å². The van der Waals surface area contributed by atoms with E-state index in [1.165, 1.54) is 0 Å². The van der Waals surface area contributed by atoms with Crippen LogP contribution < -0.4 is 0 Å². The second kappa shape index (κ2) is 5.13. The van der Waals surface area contributed by atoms with Crippen LogP contribution in [0.1, 0.15) is 18.9 Å². The third kappa shape index (κ3) is 2.52. The molecule has 0 saturated heterocycles. The van der Waals surface area contributed by atoms with E-state index in [1.807, 2.05) is 49.4 Å². The molecule has 0 aliphatic carbocycles. The summed E-state index contributed by atoms with van der Waals surface area (Å²) in [6.45, 7) is 1.98. The molecule has 3 aromatic rings. The Morgan fingerprint density at radius 3 is 2.24 bits per heavy atom. The van der Waals surface area contributed by atoms with Gasteiger partial charge in [-0.2, -0.15) is 8.42 Å². The lowest BCUT2D eigenvalue weighted by atomic mass is 10.00. The topological polar surface area (TPSA) is 54.4 Å². The molecule has 4 heteroatoms. The van der Waals surface area contributed by atoms with E-state index in [1.54, 1.807) is 6.07 Å². The fourth-order valence-corrected chi connectivity index (χ4v) is 3.76. The molecule has 0 bridgehead atoms. The molecular weight excluding hydrogens is 284 g/mol. The van der Waals surface area contributed by atoms with Gasteiger partial charge >= 0.3 is 0 Å². The summed E-state index contributed by atoms with van der Waals surface area (Å²) in [4.78, 5) is 0.0487. The van der Waals surface area contributed by atoms with Crippen molar-refractivity contribution in [1.29, 1.82) is 0 Å². The lowest BCUT2D eigenvalue weighted by Gasteiger charge is -2.11. The molecule has 0 heterocycles. The number of benzene rings is 3. The Balaban J connectivity index is 2.46. The number of hydrogen-bond donors (Lipinski definition) is 1. The van der Waals surface area contributed by atoms with Crippen molar-refractivity contribution in [3.8, 4) is 0 Å². The Morgan fingerprint density at radius 1 is 0.952 bits per heavy atom. The minimum Gasteiger partial charge on any atom is -0.282 e. The van der Waals surface area contributed by atoms with Crippen LogP contribution in [-0.4, -0.2) is 13.0 Å². The lowest BCUT2D eigenvalue weighted by Crippen LogP contribution is -2.04. The standard InChI is InChI=1S/C17H16O3S/c1-2-5-12-8-9-15-10-13-6-3-4-7-14(13)11-16(15)17(12)21(18,19)20/h3-4,6-11H,2,5H2,1H3,(H,18,19,20). The van der Waals surface area contributed by atoms with Gasteiger partial charge < -0.3 is 0 Å². The molecule has 0 radical (unpaired) electrons. The van der Waals surface area contributed by atoms with Crippen molar-refractivity contribution in [3.63, 3.8) is 0 Å². The van der Waals surface area contributed by atoms with Gasteiger partial charge in [0.1, 0.15) is 4.90 Å². The van der Waals surface area contributed by atoms with Gasteiger partial charge in [-0.3, -0.25) is 4.55 Å². The molecule has 0 aromatic heterocycles. The predicted molar refractivity (Wildman–Crippen MR) is 85.3 cm³/mol. The highest BCUT2D eigenvalue weighted by Crippen LogP contribution is 2.31. The van der Waals surface area contributed by atoms with Gasteiger partial charge in [0.05, 0.1) is 0 Å². The predicted octanol–water partition coefficient (Wildman–Crippen LogP) is 4.19. The van der Waals surface area contributed by atoms with E-state index in [-0.39, 0.29) is 4.90 Å². The van der Waals surface area contributed by atoms with Crippen LogP contribution in [0.15, 0.2) is 53.4 Å². The minimum absolute atomic E-state index is 0.0487. The number of rotatable bonds is 3. The van der Waals surface area contributed by atoms with Gasteiger partial charge in [0, 0.05) is 5.39 Å². The van der Waals surface area contributed by atoms with Gasteiger partial charge in [-0.15, -0.1) is 0 Å². The highest BCUT2D eigenvalue weighted by molar-refractivity contribution is 7.86. The van der Waals surface area contributed by atoms with Crippen LogP contribution in [0.3, 0.4) is 0 Å². The Labute approximate surface area is 124 Å². The number of fused-ring (bicyclic) bond motifs is 2. The molecule has 0 atom stereocenters. The minimum atomic E-state index is -4.25. The monoisotopic (exact) mass is 300 g/mol. The third-order valence-corrected chi connectivity index (χ3v) is 4.69. The summed E-state index contributed by atoms with van der Waals surface area (Å²) in [5, 5.41) is 3.42. The van der Waals surface area contributed by atoms with Crippen LogP contribution in [0.25, 0.3) is 21.5 Å². The molecular formula is C17H16O3S. The first-order valence-corrected chi connectivity index (χ1v) is 8.36. The van der Waals surface area contributed by atoms with Crippen molar-refractivity contribution >= 4 is 31.7 Å². The molecule has 0 aliphatic heterocycles. The summed E-state index contributed by atoms with van der Waals surface area (Å²) in [5.74, 6) is 0. The first kappa shape index (κ1) is 14.0. The Morgan fingerprint density at radius 2 is 1.62 bits per heavy atom. The molecule has 3 aromatic carbocycles. The van der Waals surface area contributed by atoms with E-state index in [0.29, 0.717) is 17.4 Å². The van der Waals surface area contributed by atoms with E-state index in [4.69, 9.17) is 0 Å². The van der Waals surface area contributed by atoms with Gasteiger partial charge in [-0.25, -0.2) is 0 Å². The fraction of sp³-hybridized carbons (Fsp3) is 0.176. The largest absolute Gasteiger partial charge is 0.295 e. The molecule has 108 valence electrons. The number of hydrogen-bond acceptors (Lipinski definition) is 2. The molecule has 1 N–H and O–H groups in total. The van der Waals surface area contributed by atoms with E-state index >= 15 is 0 Å². The molecule has 21 heavy (non-hydrogen) atoms. The van der Waals surface area contributed by atoms with Crippen LogP contribution in [0.4, 0.5) is 0 Å². The molecule has 0 amide bonds. The summed E-state index contributed by atoms with van der Waals surface area (Å²) in [5.41, 5.74) is 0.669. The van der Waals surface area contributed by atoms with Crippen LogP contribution in [0.5, 0.6) is 0 Å². The van der Waals surface area contributed by atoms with Crippen molar-refractivity contribution in [2.45, 2.75) is 24.7 Å². The van der Waals surface area contributed by atoms with Crippen molar-refractivity contribution in [1.82, 2.24) is 0 Å². The molecule has 0 aliphatic rings. The highest BCUT2D eigenvalue weighted by atomic mass is 32.2. The van der Waals surface area contributed by atoms with Crippen molar-refractivity contribution in [2.24, 2.45) is 0 Å². The zero-order chi connectivity index (χ0) is 15.0. The smallest absolute Gasteiger partial charge is 0.282 e. The van der Waals surface area contributed by atoms with Crippen LogP contribution in [0, 0.1) is 0 Å². The van der Waals surface area contributed by atoms with E-state index in [0.717, 1.165) is 22.6 Å². The summed E-state index contributed by atoms with van der Waals surface area (Å²) in [7, 11) is -4.25. The molecule has 0 saturated carbocycles. The van der Waals surface area contributed by atoms with Crippen LogP contribution >= 0.6 is 0 Å². The van der Waals surface area contributed by atoms with Gasteiger partial charge in [0.25, 0.3) is 10.1 Å². The second-order valence-electron chi connectivity index (χ2n) is 5.20. The maximum Gasteiger partial charge on any atom is 0.295 e. The zero-order valence-electron chi connectivity index (χ0n) is 11.7. The molecule has 0 spiro atoms. The van der Waals surface area contributed by atoms with Crippen LogP contribution in [0.2, 0.25) is 0 Å². The van der Waals surface area contributed by atoms with E-state index in [9.17, 15) is 13.0 Å². The second-order valence-corrected chi connectivity index (χ2v) is 6.56. The third-order valence-electron chi connectivity index (χ3n) is 3.70. The summed E-state index contributed by atoms with van der Waals surface area (Å²) < 4.78 is 33.3. The van der Waals surface area contributed by atoms with E-state index in [2.05, 4.69) is 0 Å². The zero-order valence-corrected chi connectivity index (χ0v) is 12.5. The average Bonchev–Trinajstić information content (AvgIpc) is 2.44. The quantitative estimate of drug-likeness (QED) is 0.583. The Bertz CT molecular complexity index is 927. The molecule has 0 fully saturated rings. The molecule has 3 nitrogen and oxygen atoms in total. The summed E-state index contributed by atoms with van der Waals surface area (Å²) >= 11 is 0. The van der Waals surface area contributed by atoms with Gasteiger partial charge in [0.15, 0.2) is 0 Å². The Kier molecular flexibility index (Phi) is 3.43. The maximum atomic E-state index is 11.8. The molecule has 0 unspecified atom stereocenters. The van der Waals surface area contributed by atoms with Gasteiger partial charge in [0.2, 0.25) is 0 Å². The van der Waals surface area contributed by atoms with E-state index < -0.39 is 10.1 Å². The number of aryl methyl sites for hydroxylation is 1. The Hall–Kier alpha value is -1.91. The van der Waals surface area contributed by atoms with Crippen molar-refractivity contribution in [2.75, 3.05) is 0 Å². The summed E-state index contributed by atoms with van der Waals surface area (Å²) in [6, 6.07) is 15.3. The normalized spacial score (nSPS) is 12.1. The average molecular weight is 300 g/mol. The van der Waals surface area contributed by atoms with Gasteiger partial charge in [-0.1, -0.05) is 49.7 Å².